The van der Waals surface area contributed by atoms with E-state index >= 15 is 0 Å². The molecule has 1 saturated heterocycles. The molecule has 0 aromatic heterocycles. The number of halogens is 3. The average molecular weight is 250 g/mol. The van der Waals surface area contributed by atoms with Crippen molar-refractivity contribution >= 4 is 0 Å². The van der Waals surface area contributed by atoms with Gasteiger partial charge in [-0.05, 0) is 32.4 Å². The molecule has 0 N–H and O–H groups in total. The molecule has 1 aliphatic rings. The van der Waals surface area contributed by atoms with E-state index < -0.39 is 12.8 Å². The Kier molecular flexibility index (Phi) is 5.72. The van der Waals surface area contributed by atoms with Crippen LogP contribution in [0, 0.1) is 17.2 Å². The van der Waals surface area contributed by atoms with Crippen LogP contribution in [0.5, 0.6) is 0 Å². The highest BCUT2D eigenvalue weighted by molar-refractivity contribution is 4.87. The molecule has 0 unspecified atom stereocenters. The minimum absolute atomic E-state index is 0.137. The quantitative estimate of drug-likeness (QED) is 0.702. The zero-order valence-corrected chi connectivity index (χ0v) is 9.67. The normalized spacial score (nSPS) is 19.2. The number of rotatable bonds is 5. The van der Waals surface area contributed by atoms with Crippen LogP contribution in [0.25, 0.3) is 0 Å². The molecule has 0 aromatic carbocycles. The predicted octanol–water partition coefficient (Wildman–Crippen LogP) is 2.19. The molecule has 98 valence electrons. The molecule has 0 aliphatic carbocycles. The van der Waals surface area contributed by atoms with Crippen molar-refractivity contribution in [2.45, 2.75) is 25.4 Å². The number of nitriles is 1. The molecule has 0 radical (unpaired) electrons. The summed E-state index contributed by atoms with van der Waals surface area (Å²) < 4.78 is 39.8. The van der Waals surface area contributed by atoms with Crippen molar-refractivity contribution in [3.63, 3.8) is 0 Å². The van der Waals surface area contributed by atoms with Crippen LogP contribution in [-0.4, -0.2) is 43.9 Å². The van der Waals surface area contributed by atoms with Crippen LogP contribution in [0.15, 0.2) is 0 Å². The number of hydrogen-bond acceptors (Lipinski definition) is 3. The Balaban J connectivity index is 1.99. The predicted molar refractivity (Wildman–Crippen MR) is 56.3 cm³/mol. The molecule has 0 aromatic rings. The maximum atomic E-state index is 11.8. The molecule has 0 saturated carbocycles. The molecule has 17 heavy (non-hydrogen) atoms. The number of hydrogen-bond donors (Lipinski definition) is 0. The van der Waals surface area contributed by atoms with E-state index in [4.69, 9.17) is 5.26 Å². The van der Waals surface area contributed by atoms with Crippen molar-refractivity contribution in [2.75, 3.05) is 32.8 Å². The van der Waals surface area contributed by atoms with Gasteiger partial charge in [-0.3, -0.25) is 0 Å². The lowest BCUT2D eigenvalue weighted by Gasteiger charge is -2.28. The second kappa shape index (κ2) is 6.82. The number of likely N-dealkylation sites (tertiary alicyclic amines) is 1. The fourth-order valence-corrected chi connectivity index (χ4v) is 1.86. The molecule has 1 heterocycles. The highest BCUT2D eigenvalue weighted by Gasteiger charge is 2.27. The van der Waals surface area contributed by atoms with Crippen LogP contribution >= 0.6 is 0 Å². The first-order valence-corrected chi connectivity index (χ1v) is 5.78. The van der Waals surface area contributed by atoms with Crippen molar-refractivity contribution in [1.29, 1.82) is 5.26 Å². The van der Waals surface area contributed by atoms with Crippen LogP contribution in [0.4, 0.5) is 13.2 Å². The maximum Gasteiger partial charge on any atom is 0.411 e. The van der Waals surface area contributed by atoms with Crippen molar-refractivity contribution in [1.82, 2.24) is 4.90 Å². The third kappa shape index (κ3) is 6.49. The van der Waals surface area contributed by atoms with Gasteiger partial charge in [0.25, 0.3) is 0 Å². The summed E-state index contributed by atoms with van der Waals surface area (Å²) in [5.74, 6) is 0.146. The average Bonchev–Trinajstić information content (AvgIpc) is 2.28. The maximum absolute atomic E-state index is 11.8. The Bertz CT molecular complexity index is 254. The van der Waals surface area contributed by atoms with E-state index in [0.717, 1.165) is 32.5 Å². The first kappa shape index (κ1) is 14.3. The summed E-state index contributed by atoms with van der Waals surface area (Å²) in [5.41, 5.74) is 0. The fourth-order valence-electron chi connectivity index (χ4n) is 1.86. The van der Waals surface area contributed by atoms with Crippen LogP contribution in [0.1, 0.15) is 19.3 Å². The highest BCUT2D eigenvalue weighted by atomic mass is 19.4. The molecular formula is C11H17F3N2O. The Hall–Kier alpha value is -0.800. The number of ether oxygens (including phenoxy) is 1. The summed E-state index contributed by atoms with van der Waals surface area (Å²) in [6, 6.07) is 2.24. The number of piperidine rings is 1. The van der Waals surface area contributed by atoms with Gasteiger partial charge in [0.2, 0.25) is 0 Å². The van der Waals surface area contributed by atoms with Gasteiger partial charge in [0.05, 0.1) is 6.07 Å². The summed E-state index contributed by atoms with van der Waals surface area (Å²) >= 11 is 0. The van der Waals surface area contributed by atoms with Crippen molar-refractivity contribution in [2.24, 2.45) is 5.92 Å². The Labute approximate surface area is 99.1 Å². The third-order valence-electron chi connectivity index (χ3n) is 2.80. The highest BCUT2D eigenvalue weighted by Crippen LogP contribution is 2.16. The molecule has 0 spiro atoms. The summed E-state index contributed by atoms with van der Waals surface area (Å²) in [6.07, 6.45) is -1.90. The molecule has 1 aliphatic heterocycles. The molecule has 0 atom stereocenters. The van der Waals surface area contributed by atoms with Gasteiger partial charge in [0.1, 0.15) is 6.61 Å². The molecule has 0 amide bonds. The van der Waals surface area contributed by atoms with Gasteiger partial charge in [-0.15, -0.1) is 0 Å². The van der Waals surface area contributed by atoms with Gasteiger partial charge < -0.3 is 9.64 Å². The van der Waals surface area contributed by atoms with E-state index in [2.05, 4.69) is 15.7 Å². The Morgan fingerprint density at radius 3 is 2.47 bits per heavy atom. The van der Waals surface area contributed by atoms with Crippen LogP contribution in [0.2, 0.25) is 0 Å². The third-order valence-corrected chi connectivity index (χ3v) is 2.80. The SMILES string of the molecule is N#CC1CCN(CCCOCC(F)(F)F)CC1. The molecular weight excluding hydrogens is 233 g/mol. The van der Waals surface area contributed by atoms with E-state index in [0.29, 0.717) is 6.42 Å². The van der Waals surface area contributed by atoms with Crippen molar-refractivity contribution in [3.05, 3.63) is 0 Å². The largest absolute Gasteiger partial charge is 0.411 e. The van der Waals surface area contributed by atoms with Gasteiger partial charge in [0.15, 0.2) is 0 Å². The first-order chi connectivity index (χ1) is 8.01. The van der Waals surface area contributed by atoms with Crippen LogP contribution in [-0.2, 0) is 4.74 Å². The van der Waals surface area contributed by atoms with E-state index in [1.54, 1.807) is 0 Å². The second-order valence-electron chi connectivity index (χ2n) is 4.27. The van der Waals surface area contributed by atoms with Gasteiger partial charge in [-0.1, -0.05) is 0 Å². The van der Waals surface area contributed by atoms with Gasteiger partial charge in [-0.25, -0.2) is 0 Å². The Morgan fingerprint density at radius 1 is 1.29 bits per heavy atom. The summed E-state index contributed by atoms with van der Waals surface area (Å²) in [4.78, 5) is 2.17. The molecule has 1 rings (SSSR count). The first-order valence-electron chi connectivity index (χ1n) is 5.78. The van der Waals surface area contributed by atoms with Crippen LogP contribution < -0.4 is 0 Å². The zero-order valence-electron chi connectivity index (χ0n) is 9.67. The van der Waals surface area contributed by atoms with E-state index in [1.165, 1.54) is 0 Å². The monoisotopic (exact) mass is 250 g/mol. The lowest BCUT2D eigenvalue weighted by Crippen LogP contribution is -2.34. The van der Waals surface area contributed by atoms with Gasteiger partial charge in [0, 0.05) is 19.1 Å². The zero-order chi connectivity index (χ0) is 12.7. The second-order valence-corrected chi connectivity index (χ2v) is 4.27. The molecule has 6 heteroatoms. The summed E-state index contributed by atoms with van der Waals surface area (Å²) in [6.45, 7) is 1.44. The number of nitrogens with zero attached hydrogens (tertiary/aromatic N) is 2. The molecule has 0 bridgehead atoms. The minimum Gasteiger partial charge on any atom is -0.372 e. The van der Waals surface area contributed by atoms with E-state index in [9.17, 15) is 13.2 Å². The minimum atomic E-state index is -4.23. The number of alkyl halides is 3. The fraction of sp³-hybridized carbons (Fsp3) is 0.909. The van der Waals surface area contributed by atoms with Crippen molar-refractivity contribution < 1.29 is 17.9 Å². The summed E-state index contributed by atoms with van der Waals surface area (Å²) in [5, 5.41) is 8.70. The standard InChI is InChI=1S/C11H17F3N2O/c12-11(13,14)9-17-7-1-4-16-5-2-10(8-15)3-6-16/h10H,1-7,9H2. The van der Waals surface area contributed by atoms with E-state index in [1.807, 2.05) is 0 Å². The lowest BCUT2D eigenvalue weighted by molar-refractivity contribution is -0.174. The summed E-state index contributed by atoms with van der Waals surface area (Å²) in [7, 11) is 0. The Morgan fingerprint density at radius 2 is 1.94 bits per heavy atom. The molecule has 3 nitrogen and oxygen atoms in total. The smallest absolute Gasteiger partial charge is 0.372 e. The van der Waals surface area contributed by atoms with Gasteiger partial charge >= 0.3 is 6.18 Å². The van der Waals surface area contributed by atoms with E-state index in [-0.39, 0.29) is 12.5 Å². The topological polar surface area (TPSA) is 36.3 Å². The lowest BCUT2D eigenvalue weighted by atomic mass is 9.98. The van der Waals surface area contributed by atoms with Crippen molar-refractivity contribution in [3.8, 4) is 6.07 Å². The molecule has 1 fully saturated rings. The van der Waals surface area contributed by atoms with Gasteiger partial charge in [-0.2, -0.15) is 18.4 Å². The van der Waals surface area contributed by atoms with Crippen LogP contribution in [0.3, 0.4) is 0 Å².